The number of sulfonamides is 1. The van der Waals surface area contributed by atoms with Crippen LogP contribution in [0.5, 0.6) is 11.6 Å². The highest BCUT2D eigenvalue weighted by Gasteiger charge is 2.21. The van der Waals surface area contributed by atoms with Crippen LogP contribution in [0.3, 0.4) is 0 Å². The Morgan fingerprint density at radius 1 is 1.16 bits per heavy atom. The summed E-state index contributed by atoms with van der Waals surface area (Å²) in [6, 6.07) is 7.94. The van der Waals surface area contributed by atoms with Crippen LogP contribution in [0.15, 0.2) is 42.7 Å². The molecule has 1 aromatic carbocycles. The molecular formula is C24H29Cl2FN6O3S. The number of aromatic nitrogens is 3. The third-order valence-corrected chi connectivity index (χ3v) is 7.52. The van der Waals surface area contributed by atoms with Crippen LogP contribution < -0.4 is 20.5 Å². The second-order valence-electron chi connectivity index (χ2n) is 8.67. The number of benzene rings is 1. The van der Waals surface area contributed by atoms with Crippen LogP contribution in [0, 0.1) is 5.82 Å². The molecule has 0 radical (unpaired) electrons. The topological polar surface area (TPSA) is 132 Å². The molecule has 4 rings (SSSR count). The summed E-state index contributed by atoms with van der Waals surface area (Å²) in [5.41, 5.74) is 7.04. The van der Waals surface area contributed by atoms with E-state index >= 15 is 0 Å². The fourth-order valence-electron chi connectivity index (χ4n) is 4.00. The summed E-state index contributed by atoms with van der Waals surface area (Å²) in [6.07, 6.45) is 7.33. The van der Waals surface area contributed by atoms with E-state index in [4.69, 9.17) is 22.1 Å². The number of pyridine rings is 1. The van der Waals surface area contributed by atoms with Crippen LogP contribution in [0.4, 0.5) is 16.0 Å². The monoisotopic (exact) mass is 570 g/mol. The molecule has 9 nitrogen and oxygen atoms in total. The van der Waals surface area contributed by atoms with Crippen molar-refractivity contribution in [1.29, 1.82) is 0 Å². The average molecular weight is 572 g/mol. The molecular weight excluding hydrogens is 542 g/mol. The van der Waals surface area contributed by atoms with Gasteiger partial charge in [-0.25, -0.2) is 27.8 Å². The first-order chi connectivity index (χ1) is 17.2. The lowest BCUT2D eigenvalue weighted by molar-refractivity contribution is 0.410. The van der Waals surface area contributed by atoms with Gasteiger partial charge in [-0.05, 0) is 56.4 Å². The number of nitrogens with zero attached hydrogens (tertiary/aromatic N) is 3. The lowest BCUT2D eigenvalue weighted by atomic mass is 9.92. The Labute approximate surface area is 226 Å². The molecule has 4 N–H and O–H groups in total. The van der Waals surface area contributed by atoms with Gasteiger partial charge >= 0.3 is 0 Å². The molecule has 0 atom stereocenters. The standard InChI is InChI=1S/C24H28ClFN6O3S.ClH/c1-2-12-36(33,34)32-17-13-19(25)22(20(26)14-17)35-23-18(4-3-10-28-23)21-9-11-29-24(31-21)30-16-7-5-15(27)6-8-16;/h3-4,9-11,13-16,32H,2,5-8,12,27H2,1H3,(H,29,30,31);1H. The summed E-state index contributed by atoms with van der Waals surface area (Å²) in [5.74, 6) is -0.650. The third kappa shape index (κ3) is 7.64. The SMILES string of the molecule is CCCS(=O)(=O)Nc1cc(F)c(Oc2ncccc2-c2ccnc(NC3CCC(N)CC3)n2)c(Cl)c1.Cl. The lowest BCUT2D eigenvalue weighted by Crippen LogP contribution is -2.33. The maximum Gasteiger partial charge on any atom is 0.232 e. The largest absolute Gasteiger partial charge is 0.434 e. The van der Waals surface area contributed by atoms with Crippen molar-refractivity contribution in [2.24, 2.45) is 5.73 Å². The normalized spacial score (nSPS) is 17.5. The summed E-state index contributed by atoms with van der Waals surface area (Å²) >= 11 is 6.26. The highest BCUT2D eigenvalue weighted by molar-refractivity contribution is 7.92. The summed E-state index contributed by atoms with van der Waals surface area (Å²) in [5, 5.41) is 3.25. The number of halogens is 3. The second kappa shape index (κ2) is 12.7. The fourth-order valence-corrected chi connectivity index (χ4v) is 5.37. The zero-order chi connectivity index (χ0) is 25.7. The van der Waals surface area contributed by atoms with Crippen molar-refractivity contribution in [3.8, 4) is 22.9 Å². The number of nitrogens with one attached hydrogen (secondary N) is 2. The maximum atomic E-state index is 14.9. The molecule has 2 aromatic heterocycles. The molecule has 200 valence electrons. The van der Waals surface area contributed by atoms with Gasteiger partial charge in [0.2, 0.25) is 21.9 Å². The summed E-state index contributed by atoms with van der Waals surface area (Å²) in [7, 11) is -3.61. The van der Waals surface area contributed by atoms with Gasteiger partial charge in [0.15, 0.2) is 11.6 Å². The van der Waals surface area contributed by atoms with Crippen molar-refractivity contribution in [3.63, 3.8) is 0 Å². The van der Waals surface area contributed by atoms with Crippen LogP contribution in [-0.4, -0.2) is 41.2 Å². The van der Waals surface area contributed by atoms with E-state index in [1.165, 1.54) is 12.3 Å². The molecule has 0 amide bonds. The summed E-state index contributed by atoms with van der Waals surface area (Å²) < 4.78 is 47.1. The van der Waals surface area contributed by atoms with Gasteiger partial charge in [-0.1, -0.05) is 18.5 Å². The number of ether oxygens (including phenoxy) is 1. The Morgan fingerprint density at radius 2 is 1.92 bits per heavy atom. The molecule has 0 aliphatic heterocycles. The van der Waals surface area contributed by atoms with E-state index in [0.29, 0.717) is 23.6 Å². The fraction of sp³-hybridized carbons (Fsp3) is 0.375. The van der Waals surface area contributed by atoms with Crippen molar-refractivity contribution < 1.29 is 17.5 Å². The number of anilines is 2. The molecule has 0 spiro atoms. The van der Waals surface area contributed by atoms with Crippen molar-refractivity contribution in [2.45, 2.75) is 51.1 Å². The van der Waals surface area contributed by atoms with Crippen molar-refractivity contribution in [3.05, 3.63) is 53.6 Å². The smallest absolute Gasteiger partial charge is 0.232 e. The zero-order valence-corrected chi connectivity index (χ0v) is 22.5. The van der Waals surface area contributed by atoms with Gasteiger partial charge in [-0.2, -0.15) is 0 Å². The molecule has 0 unspecified atom stereocenters. The van der Waals surface area contributed by atoms with Crippen LogP contribution in [0.2, 0.25) is 5.02 Å². The Hall–Kier alpha value is -2.73. The first-order valence-corrected chi connectivity index (χ1v) is 13.7. The van der Waals surface area contributed by atoms with E-state index in [-0.39, 0.29) is 52.6 Å². The second-order valence-corrected chi connectivity index (χ2v) is 10.9. The van der Waals surface area contributed by atoms with Gasteiger partial charge in [-0.15, -0.1) is 12.4 Å². The van der Waals surface area contributed by atoms with Crippen molar-refractivity contribution in [2.75, 3.05) is 15.8 Å². The molecule has 0 bridgehead atoms. The molecule has 2 heterocycles. The van der Waals surface area contributed by atoms with Crippen molar-refractivity contribution >= 4 is 45.7 Å². The number of rotatable bonds is 9. The molecule has 13 heteroatoms. The van der Waals surface area contributed by atoms with Gasteiger partial charge in [0.25, 0.3) is 0 Å². The van der Waals surface area contributed by atoms with E-state index in [2.05, 4.69) is 25.0 Å². The van der Waals surface area contributed by atoms with E-state index in [1.54, 1.807) is 31.3 Å². The molecule has 3 aromatic rings. The minimum Gasteiger partial charge on any atom is -0.434 e. The van der Waals surface area contributed by atoms with Crippen LogP contribution >= 0.6 is 24.0 Å². The number of hydrogen-bond donors (Lipinski definition) is 3. The molecule has 0 saturated heterocycles. The van der Waals surface area contributed by atoms with Gasteiger partial charge in [-0.3, -0.25) is 4.72 Å². The Bertz CT molecular complexity index is 1300. The molecule has 37 heavy (non-hydrogen) atoms. The van der Waals surface area contributed by atoms with Crippen LogP contribution in [-0.2, 0) is 10.0 Å². The van der Waals surface area contributed by atoms with E-state index in [0.717, 1.165) is 31.7 Å². The minimum atomic E-state index is -3.61. The van der Waals surface area contributed by atoms with Crippen LogP contribution in [0.25, 0.3) is 11.3 Å². The first-order valence-electron chi connectivity index (χ1n) is 11.7. The quantitative estimate of drug-likeness (QED) is 0.312. The van der Waals surface area contributed by atoms with E-state index in [1.807, 2.05) is 0 Å². The maximum absolute atomic E-state index is 14.9. The van der Waals surface area contributed by atoms with E-state index < -0.39 is 15.8 Å². The van der Waals surface area contributed by atoms with Gasteiger partial charge in [0.05, 0.1) is 27.7 Å². The summed E-state index contributed by atoms with van der Waals surface area (Å²) in [4.78, 5) is 13.2. The number of hydrogen-bond acceptors (Lipinski definition) is 8. The Balaban J connectivity index is 0.00000380. The van der Waals surface area contributed by atoms with Gasteiger partial charge in [0.1, 0.15) is 0 Å². The van der Waals surface area contributed by atoms with Crippen molar-refractivity contribution in [1.82, 2.24) is 15.0 Å². The van der Waals surface area contributed by atoms with Crippen LogP contribution in [0.1, 0.15) is 39.0 Å². The highest BCUT2D eigenvalue weighted by atomic mass is 35.5. The summed E-state index contributed by atoms with van der Waals surface area (Å²) in [6.45, 7) is 1.73. The average Bonchev–Trinajstić information content (AvgIpc) is 2.83. The third-order valence-electron chi connectivity index (χ3n) is 5.75. The Kier molecular flexibility index (Phi) is 9.88. The molecule has 1 aliphatic rings. The zero-order valence-electron chi connectivity index (χ0n) is 20.2. The predicted molar refractivity (Wildman–Crippen MR) is 146 cm³/mol. The minimum absolute atomic E-state index is 0. The predicted octanol–water partition coefficient (Wildman–Crippen LogP) is 5.38. The molecule has 1 fully saturated rings. The molecule has 1 saturated carbocycles. The highest BCUT2D eigenvalue weighted by Crippen LogP contribution is 2.37. The van der Waals surface area contributed by atoms with Gasteiger partial charge < -0.3 is 15.8 Å². The Morgan fingerprint density at radius 3 is 2.62 bits per heavy atom. The van der Waals surface area contributed by atoms with E-state index in [9.17, 15) is 12.8 Å². The lowest BCUT2D eigenvalue weighted by Gasteiger charge is -2.26. The van der Waals surface area contributed by atoms with Gasteiger partial charge in [0, 0.05) is 30.5 Å². The molecule has 1 aliphatic carbocycles. The first kappa shape index (κ1) is 28.8. The number of nitrogens with two attached hydrogens (primary N) is 1.